The van der Waals surface area contributed by atoms with Gasteiger partial charge < -0.3 is 4.74 Å². The van der Waals surface area contributed by atoms with Crippen molar-refractivity contribution >= 4 is 32.4 Å². The molecule has 1 aromatic heterocycles. The van der Waals surface area contributed by atoms with Crippen molar-refractivity contribution in [1.29, 1.82) is 0 Å². The zero-order valence-electron chi connectivity index (χ0n) is 17.0. The van der Waals surface area contributed by atoms with E-state index in [1.54, 1.807) is 19.1 Å². The number of carbonyl (C=O) groups is 1. The standard InChI is InChI=1S/C21H19F2N3O4S2/c1-13-19(14-2-4-15(22)5-3-14)24-21(31-13)25-20(27)17-12-16(6-7-18(17)23)32(28,29)26-8-10-30-11-9-26/h2-7,12H,8-11H2,1H3,(H,24,25,27). The molecule has 168 valence electrons. The number of rotatable bonds is 5. The quantitative estimate of drug-likeness (QED) is 0.603. The number of amides is 1. The number of carbonyl (C=O) groups excluding carboxylic acids is 1. The fourth-order valence-electron chi connectivity index (χ4n) is 3.26. The predicted molar refractivity (Wildman–Crippen MR) is 116 cm³/mol. The maximum atomic E-state index is 14.4. The van der Waals surface area contributed by atoms with Crippen LogP contribution >= 0.6 is 11.3 Å². The van der Waals surface area contributed by atoms with E-state index in [-0.39, 0.29) is 42.1 Å². The van der Waals surface area contributed by atoms with E-state index in [0.29, 0.717) is 11.3 Å². The van der Waals surface area contributed by atoms with Gasteiger partial charge in [-0.25, -0.2) is 22.2 Å². The number of nitrogens with one attached hydrogen (secondary N) is 1. The fourth-order valence-corrected chi connectivity index (χ4v) is 5.53. The number of benzene rings is 2. The van der Waals surface area contributed by atoms with E-state index in [0.717, 1.165) is 23.1 Å². The molecule has 32 heavy (non-hydrogen) atoms. The van der Waals surface area contributed by atoms with Gasteiger partial charge in [-0.05, 0) is 49.4 Å². The molecule has 7 nitrogen and oxygen atoms in total. The molecule has 0 saturated carbocycles. The van der Waals surface area contributed by atoms with Crippen molar-refractivity contribution in [1.82, 2.24) is 9.29 Å². The molecule has 0 spiro atoms. The molecule has 0 radical (unpaired) electrons. The number of halogens is 2. The second-order valence-corrected chi connectivity index (χ2v) is 10.2. The Hall–Kier alpha value is -2.73. The highest BCUT2D eigenvalue weighted by Crippen LogP contribution is 2.31. The second kappa shape index (κ2) is 9.02. The van der Waals surface area contributed by atoms with E-state index in [2.05, 4.69) is 10.3 Å². The minimum Gasteiger partial charge on any atom is -0.379 e. The summed E-state index contributed by atoms with van der Waals surface area (Å²) in [6, 6.07) is 8.88. The molecule has 2 aromatic carbocycles. The van der Waals surface area contributed by atoms with Crippen molar-refractivity contribution < 1.29 is 26.7 Å². The van der Waals surface area contributed by atoms with Crippen molar-refractivity contribution in [2.75, 3.05) is 31.6 Å². The lowest BCUT2D eigenvalue weighted by atomic mass is 10.1. The number of hydrogen-bond donors (Lipinski definition) is 1. The van der Waals surface area contributed by atoms with Crippen molar-refractivity contribution in [2.24, 2.45) is 0 Å². The van der Waals surface area contributed by atoms with Gasteiger partial charge in [0.15, 0.2) is 5.13 Å². The molecular weight excluding hydrogens is 460 g/mol. The van der Waals surface area contributed by atoms with Crippen molar-refractivity contribution in [3.05, 3.63) is 64.5 Å². The molecule has 1 N–H and O–H groups in total. The summed E-state index contributed by atoms with van der Waals surface area (Å²) >= 11 is 1.18. The number of sulfonamides is 1. The molecule has 1 aliphatic rings. The Labute approximate surface area is 187 Å². The number of morpholine rings is 1. The largest absolute Gasteiger partial charge is 0.379 e. The van der Waals surface area contributed by atoms with Crippen molar-refractivity contribution in [3.63, 3.8) is 0 Å². The van der Waals surface area contributed by atoms with Crippen LogP contribution in [0.5, 0.6) is 0 Å². The van der Waals surface area contributed by atoms with Gasteiger partial charge >= 0.3 is 0 Å². The topological polar surface area (TPSA) is 88.6 Å². The SMILES string of the molecule is Cc1sc(NC(=O)c2cc(S(=O)(=O)N3CCOCC3)ccc2F)nc1-c1ccc(F)cc1. The van der Waals surface area contributed by atoms with Gasteiger partial charge in [-0.1, -0.05) is 0 Å². The van der Waals surface area contributed by atoms with Crippen LogP contribution in [0.25, 0.3) is 11.3 Å². The first-order chi connectivity index (χ1) is 15.3. The van der Waals surface area contributed by atoms with Crippen molar-refractivity contribution in [2.45, 2.75) is 11.8 Å². The highest BCUT2D eigenvalue weighted by Gasteiger charge is 2.28. The Balaban J connectivity index is 1.58. The van der Waals surface area contributed by atoms with Gasteiger partial charge in [0.2, 0.25) is 10.0 Å². The third kappa shape index (κ3) is 4.56. The minimum absolute atomic E-state index is 0.173. The smallest absolute Gasteiger partial charge is 0.260 e. The lowest BCUT2D eigenvalue weighted by molar-refractivity contribution is 0.0730. The monoisotopic (exact) mass is 479 g/mol. The van der Waals surface area contributed by atoms with Crippen LogP contribution in [0.4, 0.5) is 13.9 Å². The Kier molecular flexibility index (Phi) is 6.33. The van der Waals surface area contributed by atoms with Crippen LogP contribution < -0.4 is 5.32 Å². The highest BCUT2D eigenvalue weighted by atomic mass is 32.2. The molecule has 2 heterocycles. The first-order valence-electron chi connectivity index (χ1n) is 9.68. The maximum absolute atomic E-state index is 14.4. The number of aromatic nitrogens is 1. The van der Waals surface area contributed by atoms with Crippen LogP contribution in [0.3, 0.4) is 0 Å². The molecule has 0 bridgehead atoms. The number of aryl methyl sites for hydroxylation is 1. The van der Waals surface area contributed by atoms with Gasteiger partial charge in [-0.2, -0.15) is 4.31 Å². The molecule has 0 atom stereocenters. The molecule has 1 fully saturated rings. The highest BCUT2D eigenvalue weighted by molar-refractivity contribution is 7.89. The van der Waals surface area contributed by atoms with Crippen molar-refractivity contribution in [3.8, 4) is 11.3 Å². The van der Waals surface area contributed by atoms with Crippen LogP contribution in [-0.2, 0) is 14.8 Å². The first kappa shape index (κ1) is 22.5. The minimum atomic E-state index is -3.89. The summed E-state index contributed by atoms with van der Waals surface area (Å²) in [7, 11) is -3.89. The zero-order valence-corrected chi connectivity index (χ0v) is 18.6. The Morgan fingerprint density at radius 2 is 1.81 bits per heavy atom. The Morgan fingerprint density at radius 3 is 2.50 bits per heavy atom. The Bertz CT molecular complexity index is 1250. The molecule has 1 saturated heterocycles. The van der Waals surface area contributed by atoms with E-state index in [9.17, 15) is 22.0 Å². The maximum Gasteiger partial charge on any atom is 0.260 e. The van der Waals surface area contributed by atoms with Crippen LogP contribution in [-0.4, -0.2) is 49.9 Å². The second-order valence-electron chi connectivity index (χ2n) is 7.04. The molecule has 1 aliphatic heterocycles. The summed E-state index contributed by atoms with van der Waals surface area (Å²) < 4.78 is 59.7. The van der Waals surface area contributed by atoms with E-state index in [1.165, 1.54) is 27.8 Å². The molecule has 3 aromatic rings. The summed E-state index contributed by atoms with van der Waals surface area (Å²) in [6.07, 6.45) is 0. The molecule has 0 aliphatic carbocycles. The van der Waals surface area contributed by atoms with Gasteiger partial charge in [0, 0.05) is 23.5 Å². The summed E-state index contributed by atoms with van der Waals surface area (Å²) in [4.78, 5) is 17.7. The van der Waals surface area contributed by atoms with Gasteiger partial charge in [0.1, 0.15) is 11.6 Å². The average molecular weight is 480 g/mol. The summed E-state index contributed by atoms with van der Waals surface area (Å²) in [5.41, 5.74) is 0.829. The van der Waals surface area contributed by atoms with E-state index in [1.807, 2.05) is 0 Å². The normalized spacial score (nSPS) is 15.0. The molecule has 1 amide bonds. The molecular formula is C21H19F2N3O4S2. The Morgan fingerprint density at radius 1 is 1.12 bits per heavy atom. The van der Waals surface area contributed by atoms with Crippen LogP contribution in [0, 0.1) is 18.6 Å². The third-order valence-corrected chi connectivity index (χ3v) is 7.71. The summed E-state index contributed by atoms with van der Waals surface area (Å²) in [6.45, 7) is 2.71. The number of thiazole rings is 1. The lowest BCUT2D eigenvalue weighted by Gasteiger charge is -2.26. The summed E-state index contributed by atoms with van der Waals surface area (Å²) in [5.74, 6) is -2.05. The predicted octanol–water partition coefficient (Wildman–Crippen LogP) is 3.67. The van der Waals surface area contributed by atoms with E-state index >= 15 is 0 Å². The van der Waals surface area contributed by atoms with Gasteiger partial charge in [-0.15, -0.1) is 11.3 Å². The van der Waals surface area contributed by atoms with Gasteiger partial charge in [0.05, 0.1) is 29.4 Å². The van der Waals surface area contributed by atoms with E-state index < -0.39 is 27.3 Å². The fraction of sp³-hybridized carbons (Fsp3) is 0.238. The number of nitrogens with zero attached hydrogens (tertiary/aromatic N) is 2. The third-order valence-electron chi connectivity index (χ3n) is 4.92. The van der Waals surface area contributed by atoms with Gasteiger partial charge in [0.25, 0.3) is 5.91 Å². The number of hydrogen-bond acceptors (Lipinski definition) is 6. The van der Waals surface area contributed by atoms with Crippen LogP contribution in [0.1, 0.15) is 15.2 Å². The van der Waals surface area contributed by atoms with Gasteiger partial charge in [-0.3, -0.25) is 10.1 Å². The molecule has 0 unspecified atom stereocenters. The van der Waals surface area contributed by atoms with Crippen LogP contribution in [0.15, 0.2) is 47.4 Å². The average Bonchev–Trinajstić information content (AvgIpc) is 3.14. The first-order valence-corrected chi connectivity index (χ1v) is 11.9. The molecule has 4 rings (SSSR count). The number of ether oxygens (including phenoxy) is 1. The zero-order chi connectivity index (χ0) is 22.9. The lowest BCUT2D eigenvalue weighted by Crippen LogP contribution is -2.40. The molecule has 11 heteroatoms. The summed E-state index contributed by atoms with van der Waals surface area (Å²) in [5, 5.41) is 2.74. The van der Waals surface area contributed by atoms with E-state index in [4.69, 9.17) is 4.74 Å². The number of anilines is 1. The van der Waals surface area contributed by atoms with Crippen LogP contribution in [0.2, 0.25) is 0 Å².